The summed E-state index contributed by atoms with van der Waals surface area (Å²) in [6.07, 6.45) is 2.43. The summed E-state index contributed by atoms with van der Waals surface area (Å²) in [6.45, 7) is 9.93. The lowest BCUT2D eigenvalue weighted by Gasteiger charge is -2.33. The van der Waals surface area contributed by atoms with Crippen molar-refractivity contribution in [2.45, 2.75) is 53.0 Å². The minimum absolute atomic E-state index is 0.00969. The van der Waals surface area contributed by atoms with Crippen LogP contribution in [0.15, 0.2) is 54.6 Å². The Bertz CT molecular complexity index is 885. The first-order valence-corrected chi connectivity index (χ1v) is 12.2. The van der Waals surface area contributed by atoms with Crippen molar-refractivity contribution < 1.29 is 14.3 Å². The third-order valence-corrected chi connectivity index (χ3v) is 6.27. The van der Waals surface area contributed by atoms with Gasteiger partial charge in [-0.3, -0.25) is 9.59 Å². The minimum Gasteiger partial charge on any atom is -0.484 e. The second-order valence-electron chi connectivity index (χ2n) is 9.83. The average molecular weight is 451 g/mol. The van der Waals surface area contributed by atoms with E-state index in [0.29, 0.717) is 43.5 Å². The van der Waals surface area contributed by atoms with Crippen molar-refractivity contribution in [2.75, 3.05) is 19.7 Å². The molecular formula is C28H38N2O3. The molecule has 33 heavy (non-hydrogen) atoms. The fourth-order valence-corrected chi connectivity index (χ4v) is 4.38. The van der Waals surface area contributed by atoms with Gasteiger partial charge in [0.25, 0.3) is 5.91 Å². The molecule has 2 aromatic rings. The van der Waals surface area contributed by atoms with Crippen LogP contribution in [-0.4, -0.2) is 36.4 Å². The van der Waals surface area contributed by atoms with Gasteiger partial charge in [0.2, 0.25) is 5.91 Å². The molecule has 1 fully saturated rings. The van der Waals surface area contributed by atoms with E-state index in [1.807, 2.05) is 30.3 Å². The monoisotopic (exact) mass is 450 g/mol. The van der Waals surface area contributed by atoms with E-state index in [4.69, 9.17) is 4.74 Å². The van der Waals surface area contributed by atoms with Crippen molar-refractivity contribution in [3.8, 4) is 5.75 Å². The fourth-order valence-electron chi connectivity index (χ4n) is 4.38. The molecule has 1 saturated heterocycles. The van der Waals surface area contributed by atoms with Crippen molar-refractivity contribution >= 4 is 11.8 Å². The number of benzene rings is 2. The molecule has 5 heteroatoms. The Balaban J connectivity index is 1.50. The molecule has 0 saturated carbocycles. The maximum absolute atomic E-state index is 13.0. The number of hydrogen-bond donors (Lipinski definition) is 1. The van der Waals surface area contributed by atoms with Crippen molar-refractivity contribution in [1.82, 2.24) is 10.2 Å². The molecule has 0 aliphatic carbocycles. The quantitative estimate of drug-likeness (QED) is 0.584. The molecule has 1 unspecified atom stereocenters. The van der Waals surface area contributed by atoms with Crippen LogP contribution in [0.1, 0.15) is 57.7 Å². The third-order valence-electron chi connectivity index (χ3n) is 6.27. The zero-order valence-electron chi connectivity index (χ0n) is 20.4. The van der Waals surface area contributed by atoms with E-state index in [1.165, 1.54) is 5.56 Å². The number of piperidine rings is 1. The van der Waals surface area contributed by atoms with Gasteiger partial charge in [-0.1, -0.05) is 70.2 Å². The zero-order chi connectivity index (χ0) is 23.8. The highest BCUT2D eigenvalue weighted by molar-refractivity contribution is 5.81. The lowest BCUT2D eigenvalue weighted by molar-refractivity contribution is -0.137. The molecule has 1 aliphatic rings. The van der Waals surface area contributed by atoms with Crippen LogP contribution in [0.5, 0.6) is 5.75 Å². The summed E-state index contributed by atoms with van der Waals surface area (Å²) in [6, 6.07) is 18.0. The largest absolute Gasteiger partial charge is 0.484 e. The van der Waals surface area contributed by atoms with Crippen LogP contribution in [0.2, 0.25) is 0 Å². The Morgan fingerprint density at radius 1 is 0.970 bits per heavy atom. The van der Waals surface area contributed by atoms with Gasteiger partial charge in [-0.2, -0.15) is 0 Å². The first-order chi connectivity index (χ1) is 15.8. The molecule has 3 rings (SSSR count). The van der Waals surface area contributed by atoms with Gasteiger partial charge in [-0.15, -0.1) is 0 Å². The van der Waals surface area contributed by atoms with Gasteiger partial charge in [0.05, 0.1) is 6.04 Å². The highest BCUT2D eigenvalue weighted by Crippen LogP contribution is 2.25. The van der Waals surface area contributed by atoms with Gasteiger partial charge in [0.1, 0.15) is 5.75 Å². The summed E-state index contributed by atoms with van der Waals surface area (Å²) in [5.41, 5.74) is 2.48. The minimum atomic E-state index is -0.0643. The number of amides is 2. The van der Waals surface area contributed by atoms with Crippen LogP contribution in [0, 0.1) is 17.8 Å². The number of ether oxygens (including phenoxy) is 1. The predicted octanol–water partition coefficient (Wildman–Crippen LogP) is 5.02. The lowest BCUT2D eigenvalue weighted by atomic mass is 9.91. The molecule has 0 bridgehead atoms. The van der Waals surface area contributed by atoms with Gasteiger partial charge in [0.15, 0.2) is 6.61 Å². The fraction of sp³-hybridized carbons (Fsp3) is 0.500. The van der Waals surface area contributed by atoms with E-state index in [2.05, 4.69) is 57.3 Å². The SMILES string of the molecule is CC(C)Cc1ccc(C(NC(=O)C2CCN(C(=O)COc3ccccc3)CC2)C(C)C)cc1. The number of likely N-dealkylation sites (tertiary alicyclic amines) is 1. The second-order valence-corrected chi connectivity index (χ2v) is 9.83. The molecule has 1 N–H and O–H groups in total. The molecule has 1 aliphatic heterocycles. The van der Waals surface area contributed by atoms with Crippen molar-refractivity contribution in [3.63, 3.8) is 0 Å². The lowest BCUT2D eigenvalue weighted by Crippen LogP contribution is -2.45. The Kier molecular flexibility index (Phi) is 8.93. The molecule has 2 amide bonds. The van der Waals surface area contributed by atoms with Crippen molar-refractivity contribution in [1.29, 1.82) is 0 Å². The van der Waals surface area contributed by atoms with Crippen LogP contribution in [-0.2, 0) is 16.0 Å². The van der Waals surface area contributed by atoms with E-state index < -0.39 is 0 Å². The topological polar surface area (TPSA) is 58.6 Å². The van der Waals surface area contributed by atoms with E-state index >= 15 is 0 Å². The number of nitrogens with zero attached hydrogens (tertiary/aromatic N) is 1. The van der Waals surface area contributed by atoms with Crippen LogP contribution in [0.3, 0.4) is 0 Å². The Labute approximate surface area is 198 Å². The third kappa shape index (κ3) is 7.34. The van der Waals surface area contributed by atoms with Gasteiger partial charge < -0.3 is 15.0 Å². The summed E-state index contributed by atoms with van der Waals surface area (Å²) >= 11 is 0. The smallest absolute Gasteiger partial charge is 0.260 e. The molecule has 0 aromatic heterocycles. The van der Waals surface area contributed by atoms with Crippen LogP contribution >= 0.6 is 0 Å². The molecule has 5 nitrogen and oxygen atoms in total. The average Bonchev–Trinajstić information content (AvgIpc) is 2.81. The standard InChI is InChI=1S/C28H38N2O3/c1-20(2)18-22-10-12-23(13-11-22)27(21(3)4)29-28(32)24-14-16-30(17-15-24)26(31)19-33-25-8-6-5-7-9-25/h5-13,20-21,24,27H,14-19H2,1-4H3,(H,29,32). The van der Waals surface area contributed by atoms with Crippen LogP contribution in [0.25, 0.3) is 0 Å². The number of nitrogens with one attached hydrogen (secondary N) is 1. The molecule has 2 aromatic carbocycles. The number of para-hydroxylation sites is 1. The van der Waals surface area contributed by atoms with E-state index in [0.717, 1.165) is 12.0 Å². The van der Waals surface area contributed by atoms with Crippen molar-refractivity contribution in [3.05, 3.63) is 65.7 Å². The first kappa shape index (κ1) is 24.8. The number of carbonyl (C=O) groups is 2. The molecule has 1 atom stereocenters. The summed E-state index contributed by atoms with van der Waals surface area (Å²) < 4.78 is 5.58. The van der Waals surface area contributed by atoms with Gasteiger partial charge in [-0.05, 0) is 54.4 Å². The predicted molar refractivity (Wildman–Crippen MR) is 132 cm³/mol. The molecule has 1 heterocycles. The normalized spacial score (nSPS) is 15.5. The zero-order valence-corrected chi connectivity index (χ0v) is 20.4. The van der Waals surface area contributed by atoms with Gasteiger partial charge in [0, 0.05) is 19.0 Å². The maximum Gasteiger partial charge on any atom is 0.260 e. The van der Waals surface area contributed by atoms with E-state index in [9.17, 15) is 9.59 Å². The van der Waals surface area contributed by atoms with Gasteiger partial charge >= 0.3 is 0 Å². The van der Waals surface area contributed by atoms with Crippen LogP contribution < -0.4 is 10.1 Å². The molecular weight excluding hydrogens is 412 g/mol. The highest BCUT2D eigenvalue weighted by Gasteiger charge is 2.29. The van der Waals surface area contributed by atoms with Crippen molar-refractivity contribution in [2.24, 2.45) is 17.8 Å². The van der Waals surface area contributed by atoms with Crippen LogP contribution in [0.4, 0.5) is 0 Å². The van der Waals surface area contributed by atoms with E-state index in [-0.39, 0.29) is 30.4 Å². The summed E-state index contributed by atoms with van der Waals surface area (Å²) in [4.78, 5) is 27.3. The Morgan fingerprint density at radius 3 is 2.18 bits per heavy atom. The molecule has 0 spiro atoms. The van der Waals surface area contributed by atoms with E-state index in [1.54, 1.807) is 4.90 Å². The number of hydrogen-bond acceptors (Lipinski definition) is 3. The summed E-state index contributed by atoms with van der Waals surface area (Å²) in [5.74, 6) is 1.61. The molecule has 178 valence electrons. The summed E-state index contributed by atoms with van der Waals surface area (Å²) in [7, 11) is 0. The second kappa shape index (κ2) is 11.9. The highest BCUT2D eigenvalue weighted by atomic mass is 16.5. The molecule has 0 radical (unpaired) electrons. The maximum atomic E-state index is 13.0. The first-order valence-electron chi connectivity index (χ1n) is 12.2. The Morgan fingerprint density at radius 2 is 1.61 bits per heavy atom. The Hall–Kier alpha value is -2.82. The number of rotatable bonds is 9. The summed E-state index contributed by atoms with van der Waals surface area (Å²) in [5, 5.41) is 3.29. The number of carbonyl (C=O) groups excluding carboxylic acids is 2. The van der Waals surface area contributed by atoms with Gasteiger partial charge in [-0.25, -0.2) is 0 Å².